The van der Waals surface area contributed by atoms with Gasteiger partial charge in [-0.3, -0.25) is 10.1 Å². The highest BCUT2D eigenvalue weighted by Gasteiger charge is 2.28. The molecule has 0 saturated carbocycles. The lowest BCUT2D eigenvalue weighted by molar-refractivity contribution is -0.384. The fraction of sp³-hybridized carbons (Fsp3) is 0.545. The molecule has 0 bridgehead atoms. The van der Waals surface area contributed by atoms with Crippen LogP contribution in [0.5, 0.6) is 0 Å². The Labute approximate surface area is 100 Å². The fourth-order valence-electron chi connectivity index (χ4n) is 1.54. The molecule has 1 aromatic rings. The van der Waals surface area contributed by atoms with Gasteiger partial charge in [-0.25, -0.2) is 4.68 Å². The van der Waals surface area contributed by atoms with Gasteiger partial charge in [0.1, 0.15) is 5.69 Å². The number of nitrogens with one attached hydrogen (secondary N) is 1. The third kappa shape index (κ3) is 2.83. The lowest BCUT2D eigenvalue weighted by Gasteiger charge is -2.05. The molecule has 0 aliphatic rings. The van der Waals surface area contributed by atoms with Crippen LogP contribution in [0.25, 0.3) is 0 Å². The van der Waals surface area contributed by atoms with Crippen molar-refractivity contribution >= 4 is 11.5 Å². The normalized spacial score (nSPS) is 10.6. The van der Waals surface area contributed by atoms with E-state index in [9.17, 15) is 10.1 Å². The first-order valence-electron chi connectivity index (χ1n) is 5.44. The number of hydrogen-bond donors (Lipinski definition) is 1. The number of nitrogens with zero attached hydrogens (tertiary/aromatic N) is 3. The molecular weight excluding hydrogens is 220 g/mol. The van der Waals surface area contributed by atoms with Gasteiger partial charge in [-0.2, -0.15) is 5.10 Å². The highest BCUT2D eigenvalue weighted by atomic mass is 16.6. The van der Waals surface area contributed by atoms with E-state index >= 15 is 0 Å². The topological polar surface area (TPSA) is 73.0 Å². The molecule has 0 aromatic carbocycles. The van der Waals surface area contributed by atoms with E-state index in [1.54, 1.807) is 7.05 Å². The monoisotopic (exact) mass is 238 g/mol. The zero-order valence-corrected chi connectivity index (χ0v) is 10.6. The molecule has 6 nitrogen and oxygen atoms in total. The zero-order chi connectivity index (χ0) is 13.2. The Morgan fingerprint density at radius 1 is 1.65 bits per heavy atom. The van der Waals surface area contributed by atoms with E-state index in [0.717, 1.165) is 5.57 Å². The highest BCUT2D eigenvalue weighted by Crippen LogP contribution is 2.32. The predicted molar refractivity (Wildman–Crippen MR) is 67.3 cm³/mol. The number of hydrogen-bond acceptors (Lipinski definition) is 4. The minimum absolute atomic E-state index is 0.0157. The number of aromatic nitrogens is 2. The van der Waals surface area contributed by atoms with Crippen LogP contribution in [0.4, 0.5) is 11.5 Å². The summed E-state index contributed by atoms with van der Waals surface area (Å²) in [5.41, 5.74) is 1.47. The molecule has 0 saturated heterocycles. The van der Waals surface area contributed by atoms with E-state index in [1.807, 2.05) is 20.8 Å². The Morgan fingerprint density at radius 2 is 2.24 bits per heavy atom. The van der Waals surface area contributed by atoms with Crippen LogP contribution in [-0.4, -0.2) is 21.2 Å². The van der Waals surface area contributed by atoms with Crippen LogP contribution in [0.1, 0.15) is 32.4 Å². The van der Waals surface area contributed by atoms with Crippen molar-refractivity contribution < 1.29 is 4.92 Å². The van der Waals surface area contributed by atoms with Crippen molar-refractivity contribution in [2.24, 2.45) is 7.05 Å². The van der Waals surface area contributed by atoms with Crippen LogP contribution < -0.4 is 5.32 Å². The molecule has 0 aliphatic carbocycles. The van der Waals surface area contributed by atoms with Crippen LogP contribution in [-0.2, 0) is 7.05 Å². The smallest absolute Gasteiger partial charge is 0.334 e. The summed E-state index contributed by atoms with van der Waals surface area (Å²) in [6.45, 7) is 9.89. The molecule has 0 atom stereocenters. The molecular formula is C11H18N4O2. The first-order chi connectivity index (χ1) is 7.84. The van der Waals surface area contributed by atoms with Gasteiger partial charge in [0.05, 0.1) is 4.92 Å². The molecule has 0 aliphatic heterocycles. The van der Waals surface area contributed by atoms with Gasteiger partial charge in [0.15, 0.2) is 0 Å². The van der Waals surface area contributed by atoms with Crippen LogP contribution in [0.2, 0.25) is 0 Å². The zero-order valence-electron chi connectivity index (χ0n) is 10.6. The van der Waals surface area contributed by atoms with Gasteiger partial charge in [0.25, 0.3) is 0 Å². The van der Waals surface area contributed by atoms with Crippen molar-refractivity contribution in [2.45, 2.75) is 26.7 Å². The minimum Gasteiger partial charge on any atom is -0.361 e. The van der Waals surface area contributed by atoms with Crippen molar-refractivity contribution in [3.63, 3.8) is 0 Å². The summed E-state index contributed by atoms with van der Waals surface area (Å²) >= 11 is 0. The van der Waals surface area contributed by atoms with Gasteiger partial charge < -0.3 is 5.32 Å². The van der Waals surface area contributed by atoms with E-state index in [4.69, 9.17) is 0 Å². The average molecular weight is 238 g/mol. The van der Waals surface area contributed by atoms with Crippen molar-refractivity contribution in [1.29, 1.82) is 0 Å². The molecule has 94 valence electrons. The number of rotatable bonds is 5. The molecule has 6 heteroatoms. The Bertz CT molecular complexity index is 449. The van der Waals surface area contributed by atoms with Crippen molar-refractivity contribution in [2.75, 3.05) is 11.9 Å². The summed E-state index contributed by atoms with van der Waals surface area (Å²) in [4.78, 5) is 10.7. The van der Waals surface area contributed by atoms with E-state index in [0.29, 0.717) is 18.1 Å². The lowest BCUT2D eigenvalue weighted by Crippen LogP contribution is -2.08. The van der Waals surface area contributed by atoms with Crippen molar-refractivity contribution in [1.82, 2.24) is 9.78 Å². The third-order valence-corrected chi connectivity index (χ3v) is 2.34. The second kappa shape index (κ2) is 4.99. The minimum atomic E-state index is -0.386. The van der Waals surface area contributed by atoms with Gasteiger partial charge >= 0.3 is 5.69 Å². The maximum Gasteiger partial charge on any atom is 0.334 e. The van der Waals surface area contributed by atoms with Crippen LogP contribution in [0.3, 0.4) is 0 Å². The summed E-state index contributed by atoms with van der Waals surface area (Å²) in [5, 5.41) is 18.3. The van der Waals surface area contributed by atoms with E-state index < -0.39 is 0 Å². The van der Waals surface area contributed by atoms with Gasteiger partial charge in [0.2, 0.25) is 5.82 Å². The van der Waals surface area contributed by atoms with E-state index in [2.05, 4.69) is 17.0 Å². The standard InChI is InChI=1S/C11H18N4O2/c1-7(2)6-12-11-10(15(16)17)9(8(3)4)13-14(11)5/h8,12H,1,6H2,2-5H3. The molecule has 0 unspecified atom stereocenters. The lowest BCUT2D eigenvalue weighted by atomic mass is 10.1. The van der Waals surface area contributed by atoms with E-state index in [-0.39, 0.29) is 16.5 Å². The van der Waals surface area contributed by atoms with Crippen molar-refractivity contribution in [3.8, 4) is 0 Å². The van der Waals surface area contributed by atoms with Gasteiger partial charge in [0, 0.05) is 19.5 Å². The number of anilines is 1. The van der Waals surface area contributed by atoms with E-state index in [1.165, 1.54) is 4.68 Å². The molecule has 0 amide bonds. The van der Waals surface area contributed by atoms with Crippen LogP contribution in [0, 0.1) is 10.1 Å². The fourth-order valence-corrected chi connectivity index (χ4v) is 1.54. The van der Waals surface area contributed by atoms with Gasteiger partial charge in [-0.15, -0.1) is 0 Å². The predicted octanol–water partition coefficient (Wildman–Crippen LogP) is 2.44. The largest absolute Gasteiger partial charge is 0.361 e. The molecule has 0 radical (unpaired) electrons. The maximum absolute atomic E-state index is 11.1. The second-order valence-corrected chi connectivity index (χ2v) is 4.43. The number of aryl methyl sites for hydroxylation is 1. The second-order valence-electron chi connectivity index (χ2n) is 4.43. The highest BCUT2D eigenvalue weighted by molar-refractivity contribution is 5.61. The summed E-state index contributed by atoms with van der Waals surface area (Å²) in [7, 11) is 1.69. The molecule has 1 rings (SSSR count). The van der Waals surface area contributed by atoms with Gasteiger partial charge in [-0.05, 0) is 6.92 Å². The summed E-state index contributed by atoms with van der Waals surface area (Å²) < 4.78 is 1.51. The molecule has 1 heterocycles. The van der Waals surface area contributed by atoms with Crippen molar-refractivity contribution in [3.05, 3.63) is 28.0 Å². The average Bonchev–Trinajstić information content (AvgIpc) is 2.52. The number of nitro groups is 1. The molecule has 17 heavy (non-hydrogen) atoms. The summed E-state index contributed by atoms with van der Waals surface area (Å²) in [6, 6.07) is 0. The van der Waals surface area contributed by atoms with Crippen LogP contribution in [0.15, 0.2) is 12.2 Å². The van der Waals surface area contributed by atoms with Crippen LogP contribution >= 0.6 is 0 Å². The van der Waals surface area contributed by atoms with Gasteiger partial charge in [-0.1, -0.05) is 26.0 Å². The molecule has 0 fully saturated rings. The third-order valence-electron chi connectivity index (χ3n) is 2.34. The molecule has 0 spiro atoms. The Balaban J connectivity index is 3.18. The first kappa shape index (κ1) is 13.2. The Morgan fingerprint density at radius 3 is 2.65 bits per heavy atom. The Kier molecular flexibility index (Phi) is 3.88. The quantitative estimate of drug-likeness (QED) is 0.485. The molecule has 1 aromatic heterocycles. The molecule has 1 N–H and O–H groups in total. The summed E-state index contributed by atoms with van der Waals surface area (Å²) in [5.74, 6) is 0.448. The summed E-state index contributed by atoms with van der Waals surface area (Å²) in [6.07, 6.45) is 0. The Hall–Kier alpha value is -1.85. The maximum atomic E-state index is 11.1. The SMILES string of the molecule is C=C(C)CNc1c([N+](=O)[O-])c(C(C)C)nn1C. The first-order valence-corrected chi connectivity index (χ1v) is 5.44.